The van der Waals surface area contributed by atoms with Crippen LogP contribution in [0.3, 0.4) is 0 Å². The predicted molar refractivity (Wildman–Crippen MR) is 75.7 cm³/mol. The number of nitriles is 1. The minimum Gasteiger partial charge on any atom is -0.340 e. The first kappa shape index (κ1) is 12.6. The molecule has 2 aromatic rings. The molecule has 0 aliphatic rings. The molecular formula is C14H12BrN3. The highest BCUT2D eigenvalue weighted by Crippen LogP contribution is 2.20. The summed E-state index contributed by atoms with van der Waals surface area (Å²) < 4.78 is 0.998. The summed E-state index contributed by atoms with van der Waals surface area (Å²) >= 11 is 3.42. The summed E-state index contributed by atoms with van der Waals surface area (Å²) in [6.07, 6.45) is 2.22. The first-order valence-electron chi connectivity index (χ1n) is 5.54. The van der Waals surface area contributed by atoms with Crippen molar-refractivity contribution in [1.82, 2.24) is 4.98 Å². The molecule has 1 heterocycles. The van der Waals surface area contributed by atoms with Crippen LogP contribution in [0.4, 0.5) is 11.5 Å². The SMILES string of the molecule is Cc1cc(Nc2ccc(CC#N)cc2)ncc1Br. The molecule has 0 spiro atoms. The normalized spacial score (nSPS) is 9.83. The molecule has 18 heavy (non-hydrogen) atoms. The number of halogens is 1. The molecule has 2 rings (SSSR count). The van der Waals surface area contributed by atoms with E-state index in [0.29, 0.717) is 6.42 Å². The Labute approximate surface area is 115 Å². The van der Waals surface area contributed by atoms with Crippen LogP contribution in [0.1, 0.15) is 11.1 Å². The van der Waals surface area contributed by atoms with Gasteiger partial charge >= 0.3 is 0 Å². The highest BCUT2D eigenvalue weighted by atomic mass is 79.9. The summed E-state index contributed by atoms with van der Waals surface area (Å²) in [5.41, 5.74) is 3.11. The molecule has 0 saturated heterocycles. The average molecular weight is 302 g/mol. The van der Waals surface area contributed by atoms with Crippen molar-refractivity contribution < 1.29 is 0 Å². The molecule has 1 N–H and O–H groups in total. The fourth-order valence-electron chi connectivity index (χ4n) is 1.55. The van der Waals surface area contributed by atoms with Gasteiger partial charge in [0.15, 0.2) is 0 Å². The standard InChI is InChI=1S/C14H12BrN3/c1-10-8-14(17-9-13(10)15)18-12-4-2-11(3-5-12)6-7-16/h2-5,8-9H,6H2,1H3,(H,17,18). The Bertz CT molecular complexity index is 585. The highest BCUT2D eigenvalue weighted by Gasteiger charge is 2.00. The van der Waals surface area contributed by atoms with E-state index >= 15 is 0 Å². The van der Waals surface area contributed by atoms with Crippen molar-refractivity contribution in [2.75, 3.05) is 5.32 Å². The maximum atomic E-state index is 8.60. The summed E-state index contributed by atoms with van der Waals surface area (Å²) in [5.74, 6) is 0.809. The van der Waals surface area contributed by atoms with Crippen LogP contribution in [0.25, 0.3) is 0 Å². The van der Waals surface area contributed by atoms with E-state index in [1.54, 1.807) is 6.20 Å². The van der Waals surface area contributed by atoms with Crippen LogP contribution in [0.2, 0.25) is 0 Å². The summed E-state index contributed by atoms with van der Waals surface area (Å²) in [4.78, 5) is 4.28. The number of anilines is 2. The first-order chi connectivity index (χ1) is 8.69. The second-order valence-electron chi connectivity index (χ2n) is 3.98. The van der Waals surface area contributed by atoms with Crippen LogP contribution in [0, 0.1) is 18.3 Å². The van der Waals surface area contributed by atoms with Gasteiger partial charge in [-0.05, 0) is 52.2 Å². The lowest BCUT2D eigenvalue weighted by Gasteiger charge is -2.07. The van der Waals surface area contributed by atoms with Crippen molar-refractivity contribution >= 4 is 27.4 Å². The molecule has 0 unspecified atom stereocenters. The van der Waals surface area contributed by atoms with Crippen molar-refractivity contribution in [3.05, 3.63) is 52.1 Å². The Morgan fingerprint density at radius 3 is 2.67 bits per heavy atom. The Hall–Kier alpha value is -1.86. The number of nitrogens with zero attached hydrogens (tertiary/aromatic N) is 2. The molecule has 0 amide bonds. The molecule has 1 aromatic carbocycles. The molecule has 0 aliphatic carbocycles. The average Bonchev–Trinajstić information content (AvgIpc) is 2.37. The van der Waals surface area contributed by atoms with Crippen molar-refractivity contribution in [2.24, 2.45) is 0 Å². The van der Waals surface area contributed by atoms with Gasteiger partial charge in [-0.3, -0.25) is 0 Å². The Kier molecular flexibility index (Phi) is 3.96. The predicted octanol–water partition coefficient (Wildman–Crippen LogP) is 3.96. The number of hydrogen-bond donors (Lipinski definition) is 1. The van der Waals surface area contributed by atoms with Gasteiger partial charge in [-0.25, -0.2) is 4.98 Å². The van der Waals surface area contributed by atoms with E-state index in [-0.39, 0.29) is 0 Å². The lowest BCUT2D eigenvalue weighted by molar-refractivity contribution is 1.24. The van der Waals surface area contributed by atoms with E-state index in [4.69, 9.17) is 5.26 Å². The van der Waals surface area contributed by atoms with Gasteiger partial charge in [0, 0.05) is 16.4 Å². The third kappa shape index (κ3) is 3.08. The van der Waals surface area contributed by atoms with Crippen LogP contribution in [0.15, 0.2) is 41.0 Å². The zero-order chi connectivity index (χ0) is 13.0. The van der Waals surface area contributed by atoms with Crippen LogP contribution in [-0.2, 0) is 6.42 Å². The number of aromatic nitrogens is 1. The molecule has 0 radical (unpaired) electrons. The molecule has 90 valence electrons. The number of hydrogen-bond acceptors (Lipinski definition) is 3. The zero-order valence-corrected chi connectivity index (χ0v) is 11.5. The number of nitrogens with one attached hydrogen (secondary N) is 1. The lowest BCUT2D eigenvalue weighted by atomic mass is 10.1. The van der Waals surface area contributed by atoms with Gasteiger partial charge in [-0.1, -0.05) is 12.1 Å². The smallest absolute Gasteiger partial charge is 0.130 e. The molecule has 0 aliphatic heterocycles. The summed E-state index contributed by atoms with van der Waals surface area (Å²) in [6.45, 7) is 2.02. The van der Waals surface area contributed by atoms with E-state index in [0.717, 1.165) is 27.1 Å². The van der Waals surface area contributed by atoms with Gasteiger partial charge in [0.25, 0.3) is 0 Å². The molecule has 4 heteroatoms. The molecule has 1 aromatic heterocycles. The van der Waals surface area contributed by atoms with E-state index < -0.39 is 0 Å². The van der Waals surface area contributed by atoms with Gasteiger partial charge in [0.05, 0.1) is 12.5 Å². The number of rotatable bonds is 3. The molecule has 3 nitrogen and oxygen atoms in total. The van der Waals surface area contributed by atoms with Crippen molar-refractivity contribution in [1.29, 1.82) is 5.26 Å². The third-order valence-electron chi connectivity index (χ3n) is 2.56. The first-order valence-corrected chi connectivity index (χ1v) is 6.33. The quantitative estimate of drug-likeness (QED) is 0.933. The maximum absolute atomic E-state index is 8.60. The van der Waals surface area contributed by atoms with Crippen LogP contribution in [0.5, 0.6) is 0 Å². The third-order valence-corrected chi connectivity index (χ3v) is 3.39. The number of benzene rings is 1. The summed E-state index contributed by atoms with van der Waals surface area (Å²) in [5, 5.41) is 11.8. The second kappa shape index (κ2) is 5.65. The van der Waals surface area contributed by atoms with E-state index in [1.807, 2.05) is 37.3 Å². The molecule has 0 saturated carbocycles. The number of aryl methyl sites for hydroxylation is 1. The van der Waals surface area contributed by atoms with Gasteiger partial charge < -0.3 is 5.32 Å². The maximum Gasteiger partial charge on any atom is 0.130 e. The zero-order valence-electron chi connectivity index (χ0n) is 9.94. The highest BCUT2D eigenvalue weighted by molar-refractivity contribution is 9.10. The van der Waals surface area contributed by atoms with Gasteiger partial charge in [0.1, 0.15) is 5.82 Å². The topological polar surface area (TPSA) is 48.7 Å². The fourth-order valence-corrected chi connectivity index (χ4v) is 1.77. The Morgan fingerprint density at radius 2 is 2.06 bits per heavy atom. The van der Waals surface area contributed by atoms with Crippen LogP contribution < -0.4 is 5.32 Å². The largest absolute Gasteiger partial charge is 0.340 e. The molecule has 0 fully saturated rings. The van der Waals surface area contributed by atoms with Crippen LogP contribution >= 0.6 is 15.9 Å². The molecule has 0 atom stereocenters. The molecular weight excluding hydrogens is 290 g/mol. The number of pyridine rings is 1. The van der Waals surface area contributed by atoms with Crippen molar-refractivity contribution in [3.8, 4) is 6.07 Å². The summed E-state index contributed by atoms with van der Waals surface area (Å²) in [7, 11) is 0. The fraction of sp³-hybridized carbons (Fsp3) is 0.143. The Balaban J connectivity index is 2.13. The van der Waals surface area contributed by atoms with Crippen molar-refractivity contribution in [2.45, 2.75) is 13.3 Å². The van der Waals surface area contributed by atoms with E-state index in [2.05, 4.69) is 32.3 Å². The van der Waals surface area contributed by atoms with Gasteiger partial charge in [-0.2, -0.15) is 5.26 Å². The van der Waals surface area contributed by atoms with E-state index in [9.17, 15) is 0 Å². The van der Waals surface area contributed by atoms with Crippen LogP contribution in [-0.4, -0.2) is 4.98 Å². The van der Waals surface area contributed by atoms with Crippen molar-refractivity contribution in [3.63, 3.8) is 0 Å². The molecule has 0 bridgehead atoms. The lowest BCUT2D eigenvalue weighted by Crippen LogP contribution is -1.94. The minimum absolute atomic E-state index is 0.440. The van der Waals surface area contributed by atoms with Gasteiger partial charge in [0.2, 0.25) is 0 Å². The monoisotopic (exact) mass is 301 g/mol. The second-order valence-corrected chi connectivity index (χ2v) is 4.83. The van der Waals surface area contributed by atoms with Gasteiger partial charge in [-0.15, -0.1) is 0 Å². The van der Waals surface area contributed by atoms with E-state index in [1.165, 1.54) is 0 Å². The summed E-state index contributed by atoms with van der Waals surface area (Å²) in [6, 6.07) is 11.9. The minimum atomic E-state index is 0.440. The Morgan fingerprint density at radius 1 is 1.33 bits per heavy atom.